The van der Waals surface area contributed by atoms with Crippen LogP contribution in [-0.2, 0) is 21.0 Å². The van der Waals surface area contributed by atoms with Crippen LogP contribution < -0.4 is 10.1 Å². The van der Waals surface area contributed by atoms with Crippen LogP contribution >= 0.6 is 0 Å². The first-order valence-electron chi connectivity index (χ1n) is 11.8. The Bertz CT molecular complexity index is 1190. The molecule has 0 unspecified atom stereocenters. The molecular formula is C25H29F5N2O4S. The van der Waals surface area contributed by atoms with Gasteiger partial charge in [-0.1, -0.05) is 13.8 Å². The maximum atomic E-state index is 13.2. The fourth-order valence-corrected chi connectivity index (χ4v) is 5.51. The van der Waals surface area contributed by atoms with Crippen LogP contribution in [0.4, 0.5) is 22.0 Å². The van der Waals surface area contributed by atoms with Gasteiger partial charge in [-0.05, 0) is 68.1 Å². The zero-order chi connectivity index (χ0) is 27.4. The molecule has 6 nitrogen and oxygen atoms in total. The monoisotopic (exact) mass is 548 g/mol. The first-order valence-corrected chi connectivity index (χ1v) is 13.2. The van der Waals surface area contributed by atoms with Gasteiger partial charge in [-0.15, -0.1) is 0 Å². The zero-order valence-electron chi connectivity index (χ0n) is 20.4. The van der Waals surface area contributed by atoms with Gasteiger partial charge in [0.25, 0.3) is 0 Å². The summed E-state index contributed by atoms with van der Waals surface area (Å²) in [7, 11) is -3.76. The van der Waals surface area contributed by atoms with Crippen LogP contribution in [-0.4, -0.2) is 44.4 Å². The molecule has 0 radical (unpaired) electrons. The van der Waals surface area contributed by atoms with E-state index in [0.717, 1.165) is 24.3 Å². The number of hydrogen-bond acceptors (Lipinski definition) is 4. The lowest BCUT2D eigenvalue weighted by atomic mass is 9.86. The molecule has 1 N–H and O–H groups in total. The van der Waals surface area contributed by atoms with Gasteiger partial charge in [0.2, 0.25) is 15.9 Å². The number of alkyl halides is 3. The second kappa shape index (κ2) is 11.3. The molecule has 1 amide bonds. The Hall–Kier alpha value is -2.73. The van der Waals surface area contributed by atoms with Gasteiger partial charge in [-0.3, -0.25) is 4.79 Å². The molecule has 0 saturated carbocycles. The summed E-state index contributed by atoms with van der Waals surface area (Å²) in [6, 6.07) is 6.55. The fraction of sp³-hybridized carbons (Fsp3) is 0.480. The fourth-order valence-electron chi connectivity index (χ4n) is 4.04. The highest BCUT2D eigenvalue weighted by Gasteiger charge is 2.36. The van der Waals surface area contributed by atoms with Crippen molar-refractivity contribution in [3.8, 4) is 5.75 Å². The van der Waals surface area contributed by atoms with Crippen molar-refractivity contribution in [1.29, 1.82) is 0 Å². The van der Waals surface area contributed by atoms with E-state index in [1.165, 1.54) is 16.4 Å². The molecule has 37 heavy (non-hydrogen) atoms. The number of carbonyl (C=O) groups excluding carboxylic acids is 1. The highest BCUT2D eigenvalue weighted by Crippen LogP contribution is 2.37. The van der Waals surface area contributed by atoms with Gasteiger partial charge in [-0.2, -0.15) is 17.5 Å². The average Bonchev–Trinajstić information content (AvgIpc) is 2.82. The predicted molar refractivity (Wildman–Crippen MR) is 126 cm³/mol. The normalized spacial score (nSPS) is 16.0. The van der Waals surface area contributed by atoms with E-state index in [-0.39, 0.29) is 43.0 Å². The number of nitrogens with zero attached hydrogens (tertiary/aromatic N) is 1. The summed E-state index contributed by atoms with van der Waals surface area (Å²) in [5.41, 5.74) is -2.05. The molecule has 0 atom stereocenters. The van der Waals surface area contributed by atoms with Crippen LogP contribution in [0.2, 0.25) is 0 Å². The number of carbonyl (C=O) groups is 1. The van der Waals surface area contributed by atoms with Crippen molar-refractivity contribution in [1.82, 2.24) is 9.62 Å². The first-order chi connectivity index (χ1) is 17.2. The molecule has 1 saturated heterocycles. The SMILES string of the molecule is CC(C)(CCCOc1ccc(F)cc1C(F)(F)F)C(=O)NC1CCN(S(=O)(=O)c2ccc(F)cc2)CC1. The average molecular weight is 549 g/mol. The van der Waals surface area contributed by atoms with Gasteiger partial charge >= 0.3 is 6.18 Å². The summed E-state index contributed by atoms with van der Waals surface area (Å²) in [6.07, 6.45) is -3.36. The van der Waals surface area contributed by atoms with E-state index in [2.05, 4.69) is 5.32 Å². The highest BCUT2D eigenvalue weighted by molar-refractivity contribution is 7.89. The second-order valence-electron chi connectivity index (χ2n) is 9.58. The predicted octanol–water partition coefficient (Wildman–Crippen LogP) is 5.14. The molecule has 0 aromatic heterocycles. The van der Waals surface area contributed by atoms with Crippen molar-refractivity contribution in [2.75, 3.05) is 19.7 Å². The number of halogens is 5. The zero-order valence-corrected chi connectivity index (χ0v) is 21.3. The Morgan fingerprint density at radius 2 is 1.62 bits per heavy atom. The number of piperidine rings is 1. The molecular weight excluding hydrogens is 519 g/mol. The van der Waals surface area contributed by atoms with Crippen molar-refractivity contribution < 1.29 is 39.9 Å². The van der Waals surface area contributed by atoms with Crippen LogP contribution in [0.5, 0.6) is 5.75 Å². The number of hydrogen-bond donors (Lipinski definition) is 1. The summed E-state index contributed by atoms with van der Waals surface area (Å²) >= 11 is 0. The van der Waals surface area contributed by atoms with Gasteiger partial charge in [0, 0.05) is 24.5 Å². The highest BCUT2D eigenvalue weighted by atomic mass is 32.2. The largest absolute Gasteiger partial charge is 0.493 e. The number of rotatable bonds is 9. The second-order valence-corrected chi connectivity index (χ2v) is 11.5. The van der Waals surface area contributed by atoms with E-state index in [0.29, 0.717) is 25.3 Å². The summed E-state index contributed by atoms with van der Waals surface area (Å²) in [5, 5.41) is 2.93. The first kappa shape index (κ1) is 28.8. The number of nitrogens with one attached hydrogen (secondary N) is 1. The van der Waals surface area contributed by atoms with E-state index >= 15 is 0 Å². The number of amides is 1. The molecule has 0 spiro atoms. The van der Waals surface area contributed by atoms with Crippen LogP contribution in [0, 0.1) is 17.0 Å². The molecule has 1 aliphatic heterocycles. The number of benzene rings is 2. The summed E-state index contributed by atoms with van der Waals surface area (Å²) in [5.74, 6) is -2.28. The van der Waals surface area contributed by atoms with Gasteiger partial charge < -0.3 is 10.1 Å². The van der Waals surface area contributed by atoms with E-state index in [1.54, 1.807) is 13.8 Å². The molecule has 1 aliphatic rings. The smallest absolute Gasteiger partial charge is 0.420 e. The maximum absolute atomic E-state index is 13.2. The topological polar surface area (TPSA) is 75.7 Å². The van der Waals surface area contributed by atoms with Crippen LogP contribution in [0.25, 0.3) is 0 Å². The maximum Gasteiger partial charge on any atom is 0.420 e. The van der Waals surface area contributed by atoms with E-state index in [1.807, 2.05) is 0 Å². The lowest BCUT2D eigenvalue weighted by Crippen LogP contribution is -2.49. The molecule has 0 aliphatic carbocycles. The minimum atomic E-state index is -4.76. The van der Waals surface area contributed by atoms with Crippen LogP contribution in [0.15, 0.2) is 47.4 Å². The van der Waals surface area contributed by atoms with Crippen molar-refractivity contribution in [2.45, 2.75) is 56.6 Å². The summed E-state index contributed by atoms with van der Waals surface area (Å²) in [4.78, 5) is 12.8. The molecule has 204 valence electrons. The quantitative estimate of drug-likeness (QED) is 0.348. The summed E-state index contributed by atoms with van der Waals surface area (Å²) < 4.78 is 97.7. The van der Waals surface area contributed by atoms with Gasteiger partial charge in [-0.25, -0.2) is 17.2 Å². The molecule has 3 rings (SSSR count). The minimum Gasteiger partial charge on any atom is -0.493 e. The van der Waals surface area contributed by atoms with E-state index in [9.17, 15) is 35.2 Å². The lowest BCUT2D eigenvalue weighted by Gasteiger charge is -2.33. The third kappa shape index (κ3) is 7.41. The van der Waals surface area contributed by atoms with Crippen molar-refractivity contribution in [3.05, 3.63) is 59.7 Å². The van der Waals surface area contributed by atoms with Gasteiger partial charge in [0.15, 0.2) is 0 Å². The van der Waals surface area contributed by atoms with Gasteiger partial charge in [0.05, 0.1) is 11.5 Å². The molecule has 2 aromatic rings. The Balaban J connectivity index is 1.47. The third-order valence-corrected chi connectivity index (χ3v) is 8.22. The Morgan fingerprint density at radius 1 is 1.03 bits per heavy atom. The van der Waals surface area contributed by atoms with Gasteiger partial charge in [0.1, 0.15) is 22.9 Å². The van der Waals surface area contributed by atoms with Crippen LogP contribution in [0.3, 0.4) is 0 Å². The molecule has 0 bridgehead atoms. The minimum absolute atomic E-state index is 0.00253. The Kier molecular flexibility index (Phi) is 8.84. The van der Waals surface area contributed by atoms with Crippen LogP contribution in [0.1, 0.15) is 45.1 Å². The van der Waals surface area contributed by atoms with E-state index < -0.39 is 44.6 Å². The molecule has 1 fully saturated rings. The molecule has 2 aromatic carbocycles. The van der Waals surface area contributed by atoms with E-state index in [4.69, 9.17) is 4.74 Å². The molecule has 12 heteroatoms. The standard InChI is InChI=1S/C25H29F5N2O4S/c1-24(2,12-3-15-36-22-9-6-18(27)16-21(22)25(28,29)30)23(33)31-19-10-13-32(14-11-19)37(34,35)20-7-4-17(26)5-8-20/h4-9,16,19H,3,10-15H2,1-2H3,(H,31,33). The Morgan fingerprint density at radius 3 is 2.22 bits per heavy atom. The third-order valence-electron chi connectivity index (χ3n) is 6.31. The molecule has 1 heterocycles. The Labute approximate surface area is 212 Å². The van der Waals surface area contributed by atoms with Crippen molar-refractivity contribution >= 4 is 15.9 Å². The lowest BCUT2D eigenvalue weighted by molar-refractivity contribution is -0.139. The van der Waals surface area contributed by atoms with Crippen molar-refractivity contribution in [2.24, 2.45) is 5.41 Å². The number of ether oxygens (including phenoxy) is 1. The van der Waals surface area contributed by atoms with Crippen molar-refractivity contribution in [3.63, 3.8) is 0 Å². The summed E-state index contributed by atoms with van der Waals surface area (Å²) in [6.45, 7) is 3.70. The number of sulfonamides is 1.